The van der Waals surface area contributed by atoms with Crippen LogP contribution in [0.3, 0.4) is 0 Å². The second kappa shape index (κ2) is 17.9. The SMILES string of the molecule is CC[C@@H](OC(c1ccccc1)(c1ccc(OC)cc1)c1ccc(OC)cc1)C12CC[C@@H](C(n3ccc(=O)[nH]c3=O)O1)[C@H]2OP(OCCC#N)N(C(C)C)C(C)C. The predicted octanol–water partition coefficient (Wildman–Crippen LogP) is 7.68. The lowest BCUT2D eigenvalue weighted by atomic mass is 9.78. The van der Waals surface area contributed by atoms with Gasteiger partial charge < -0.3 is 28.0 Å². The van der Waals surface area contributed by atoms with Gasteiger partial charge in [-0.3, -0.25) is 14.3 Å². The molecule has 1 saturated heterocycles. The number of nitrogens with one attached hydrogen (secondary N) is 1. The molecule has 2 heterocycles. The molecule has 1 aliphatic heterocycles. The minimum atomic E-state index is -1.70. The molecule has 12 nitrogen and oxygen atoms in total. The molecule has 1 aromatic heterocycles. The van der Waals surface area contributed by atoms with E-state index in [0.29, 0.717) is 30.8 Å². The summed E-state index contributed by atoms with van der Waals surface area (Å²) in [6.45, 7) is 10.7. The molecule has 0 amide bonds. The number of methoxy groups -OCH3 is 2. The summed E-state index contributed by atoms with van der Waals surface area (Å²) in [6, 6.07) is 29.6. The van der Waals surface area contributed by atoms with Crippen LogP contribution in [0, 0.1) is 17.2 Å². The minimum Gasteiger partial charge on any atom is -0.497 e. The van der Waals surface area contributed by atoms with Gasteiger partial charge >= 0.3 is 5.69 Å². The minimum absolute atomic E-state index is 0.0610. The molecule has 2 fully saturated rings. The molecule has 6 atom stereocenters. The third kappa shape index (κ3) is 7.94. The van der Waals surface area contributed by atoms with E-state index in [0.717, 1.165) is 16.7 Å². The van der Waals surface area contributed by atoms with Crippen molar-refractivity contribution in [3.05, 3.63) is 129 Å². The van der Waals surface area contributed by atoms with Crippen LogP contribution in [0.5, 0.6) is 11.5 Å². The van der Waals surface area contributed by atoms with E-state index in [4.69, 9.17) is 28.0 Å². The Balaban J connectivity index is 1.54. The number of benzene rings is 3. The largest absolute Gasteiger partial charge is 0.497 e. The Morgan fingerprint density at radius 2 is 1.52 bits per heavy atom. The highest BCUT2D eigenvalue weighted by molar-refractivity contribution is 7.44. The zero-order valence-corrected chi connectivity index (χ0v) is 34.1. The van der Waals surface area contributed by atoms with E-state index < -0.39 is 49.4 Å². The van der Waals surface area contributed by atoms with Gasteiger partial charge in [-0.1, -0.05) is 61.5 Å². The molecule has 56 heavy (non-hydrogen) atoms. The lowest BCUT2D eigenvalue weighted by molar-refractivity contribution is -0.209. The first-order valence-corrected chi connectivity index (χ1v) is 20.4. The summed E-state index contributed by atoms with van der Waals surface area (Å²) in [5, 5.41) is 9.43. The monoisotopic (exact) mass is 784 g/mol. The molecule has 2 aliphatic rings. The van der Waals surface area contributed by atoms with E-state index >= 15 is 0 Å². The number of rotatable bonds is 18. The summed E-state index contributed by atoms with van der Waals surface area (Å²) in [6.07, 6.45) is 1.51. The number of nitriles is 1. The number of hydrogen-bond acceptors (Lipinski definition) is 10. The molecule has 2 bridgehead atoms. The molecule has 298 valence electrons. The summed E-state index contributed by atoms with van der Waals surface area (Å²) in [7, 11) is 1.58. The second-order valence-corrected chi connectivity index (χ2v) is 16.2. The molecule has 3 aromatic carbocycles. The van der Waals surface area contributed by atoms with Gasteiger partial charge in [-0.15, -0.1) is 0 Å². The van der Waals surface area contributed by atoms with E-state index in [2.05, 4.69) is 62.5 Å². The first-order valence-electron chi connectivity index (χ1n) is 19.3. The van der Waals surface area contributed by atoms with Crippen molar-refractivity contribution in [1.29, 1.82) is 5.26 Å². The zero-order valence-electron chi connectivity index (χ0n) is 33.2. The fourth-order valence-electron chi connectivity index (χ4n) is 8.42. The second-order valence-electron chi connectivity index (χ2n) is 14.8. The van der Waals surface area contributed by atoms with Crippen molar-refractivity contribution in [2.45, 2.75) is 102 Å². The van der Waals surface area contributed by atoms with Crippen molar-refractivity contribution < 1.29 is 28.0 Å². The topological polar surface area (TPSA) is 137 Å². The average molecular weight is 785 g/mol. The van der Waals surface area contributed by atoms with Crippen LogP contribution >= 0.6 is 8.53 Å². The van der Waals surface area contributed by atoms with Crippen LogP contribution in [0.1, 0.15) is 83.2 Å². The van der Waals surface area contributed by atoms with E-state index in [9.17, 15) is 14.9 Å². The van der Waals surface area contributed by atoms with Crippen molar-refractivity contribution >= 4 is 8.53 Å². The highest BCUT2D eigenvalue weighted by atomic mass is 31.2. The van der Waals surface area contributed by atoms with Crippen molar-refractivity contribution in [3.8, 4) is 17.6 Å². The van der Waals surface area contributed by atoms with Gasteiger partial charge in [-0.25, -0.2) is 9.46 Å². The molecule has 0 radical (unpaired) electrons. The highest BCUT2D eigenvalue weighted by Gasteiger charge is 2.66. The van der Waals surface area contributed by atoms with E-state index in [1.165, 1.54) is 16.8 Å². The van der Waals surface area contributed by atoms with Gasteiger partial charge in [-0.2, -0.15) is 5.26 Å². The first-order chi connectivity index (χ1) is 27.0. The van der Waals surface area contributed by atoms with Gasteiger partial charge in [0.1, 0.15) is 35.0 Å². The Morgan fingerprint density at radius 3 is 2.04 bits per heavy atom. The predicted molar refractivity (Wildman–Crippen MR) is 214 cm³/mol. The molecular weight excluding hydrogens is 731 g/mol. The number of H-pyrrole nitrogens is 1. The number of aromatic amines is 1. The van der Waals surface area contributed by atoms with Gasteiger partial charge in [0, 0.05) is 30.3 Å². The molecule has 6 rings (SSSR count). The maximum absolute atomic E-state index is 13.4. The molecule has 0 spiro atoms. The van der Waals surface area contributed by atoms with Crippen molar-refractivity contribution in [2.24, 2.45) is 5.92 Å². The highest BCUT2D eigenvalue weighted by Crippen LogP contribution is 2.62. The Labute approximate surface area is 330 Å². The van der Waals surface area contributed by atoms with Crippen LogP contribution in [0.15, 0.2) is 101 Å². The van der Waals surface area contributed by atoms with Gasteiger partial charge in [0.2, 0.25) is 0 Å². The first kappa shape index (κ1) is 41.3. The van der Waals surface area contributed by atoms with E-state index in [-0.39, 0.29) is 31.0 Å². The fraction of sp³-hybridized carbons (Fsp3) is 0.465. The average Bonchev–Trinajstić information content (AvgIpc) is 3.70. The van der Waals surface area contributed by atoms with Crippen molar-refractivity contribution in [2.75, 3.05) is 20.8 Å². The summed E-state index contributed by atoms with van der Waals surface area (Å²) in [5.41, 5.74) is -0.645. The van der Waals surface area contributed by atoms with E-state index in [1.807, 2.05) is 66.7 Å². The van der Waals surface area contributed by atoms with Gasteiger partial charge in [-0.05, 0) is 87.9 Å². The molecule has 1 N–H and O–H groups in total. The molecule has 1 saturated carbocycles. The van der Waals surface area contributed by atoms with Crippen LogP contribution in [0.2, 0.25) is 0 Å². The number of nitrogens with zero attached hydrogens (tertiary/aromatic N) is 3. The zero-order chi connectivity index (χ0) is 40.0. The molecule has 4 aromatic rings. The van der Waals surface area contributed by atoms with Crippen molar-refractivity contribution in [1.82, 2.24) is 14.2 Å². The quantitative estimate of drug-likeness (QED) is 0.0608. The summed E-state index contributed by atoms with van der Waals surface area (Å²) in [4.78, 5) is 28.0. The standard InChI is InChI=1S/C43H53N4O8P/c1-8-37(53-43(31-13-10-9-11-14-31,32-15-19-34(50-6)20-16-32)33-17-21-35(51-7)22-18-33)42-25-23-36(40(54-42)46-27-24-38(48)45-41(46)49)39(42)55-56(52-28-12-26-44)47(29(2)3)30(4)5/h9-11,13-22,24,27,29-30,36-37,39-40H,8,12,23,25,28H2,1-7H3,(H,45,48,49)/t36-,37-,39-,40?,42?,56?/m1/s1. The number of aromatic nitrogens is 2. The van der Waals surface area contributed by atoms with Gasteiger partial charge in [0.25, 0.3) is 14.1 Å². The Bertz CT molecular complexity index is 1990. The van der Waals surface area contributed by atoms with Crippen LogP contribution in [0.25, 0.3) is 0 Å². The third-order valence-electron chi connectivity index (χ3n) is 10.8. The molecule has 3 unspecified atom stereocenters. The Hall–Kier alpha value is -4.34. The smallest absolute Gasteiger partial charge is 0.330 e. The maximum atomic E-state index is 13.4. The van der Waals surface area contributed by atoms with E-state index in [1.54, 1.807) is 14.2 Å². The summed E-state index contributed by atoms with van der Waals surface area (Å²) >= 11 is 0. The van der Waals surface area contributed by atoms with Crippen LogP contribution in [-0.2, 0) is 24.1 Å². The summed E-state index contributed by atoms with van der Waals surface area (Å²) in [5.74, 6) is 1.12. The molecular formula is C43H53N4O8P. The van der Waals surface area contributed by atoms with Gasteiger partial charge in [0.05, 0.1) is 39.4 Å². The molecule has 1 aliphatic carbocycles. The Morgan fingerprint density at radius 1 is 0.929 bits per heavy atom. The fourth-order valence-corrected chi connectivity index (χ4v) is 10.3. The Kier molecular flexibility index (Phi) is 13.2. The maximum Gasteiger partial charge on any atom is 0.330 e. The lowest BCUT2D eigenvalue weighted by Crippen LogP contribution is -2.54. The van der Waals surface area contributed by atoms with Crippen LogP contribution in [-0.4, -0.2) is 64.9 Å². The van der Waals surface area contributed by atoms with Crippen LogP contribution in [0.4, 0.5) is 0 Å². The summed E-state index contributed by atoms with van der Waals surface area (Å²) < 4.78 is 43.5. The number of ether oxygens (including phenoxy) is 4. The van der Waals surface area contributed by atoms with Crippen molar-refractivity contribution in [3.63, 3.8) is 0 Å². The lowest BCUT2D eigenvalue weighted by Gasteiger charge is -2.46. The molecule has 13 heteroatoms. The number of fused-ring (bicyclic) bond motifs is 2. The normalized spacial score (nSPS) is 21.7. The number of hydrogen-bond donors (Lipinski definition) is 1. The third-order valence-corrected chi connectivity index (χ3v) is 13.0. The van der Waals surface area contributed by atoms with Gasteiger partial charge in [0.15, 0.2) is 0 Å². The van der Waals surface area contributed by atoms with Crippen LogP contribution < -0.4 is 20.7 Å².